The quantitative estimate of drug-likeness (QED) is 0.211. The van der Waals surface area contributed by atoms with Crippen LogP contribution in [0.2, 0.25) is 5.02 Å². The zero-order chi connectivity index (χ0) is 29.4. The van der Waals surface area contributed by atoms with Gasteiger partial charge in [0.15, 0.2) is 11.5 Å². The van der Waals surface area contributed by atoms with Crippen LogP contribution in [0.4, 0.5) is 0 Å². The first-order valence-electron chi connectivity index (χ1n) is 12.7. The molecule has 0 fully saturated rings. The molecular weight excluding hydrogens is 651 g/mol. The van der Waals surface area contributed by atoms with Crippen LogP contribution in [-0.4, -0.2) is 70.5 Å². The van der Waals surface area contributed by atoms with Crippen LogP contribution < -0.4 is 14.8 Å². The molecule has 4 N–H and O–H groups in total. The second-order valence-electron chi connectivity index (χ2n) is 9.60. The molecule has 0 bridgehead atoms. The third-order valence-corrected chi connectivity index (χ3v) is 7.36. The highest BCUT2D eigenvalue weighted by molar-refractivity contribution is 14.1. The maximum Gasteiger partial charge on any atom is 0.247 e. The van der Waals surface area contributed by atoms with Gasteiger partial charge in [0.1, 0.15) is 12.2 Å². The Balaban J connectivity index is 2.06. The van der Waals surface area contributed by atoms with Crippen LogP contribution in [-0.2, 0) is 22.7 Å². The summed E-state index contributed by atoms with van der Waals surface area (Å²) in [6.45, 7) is 3.39. The smallest absolute Gasteiger partial charge is 0.247 e. The predicted molar refractivity (Wildman–Crippen MR) is 160 cm³/mol. The molecular formula is C29H34ClIN2O7. The molecule has 0 spiro atoms. The summed E-state index contributed by atoms with van der Waals surface area (Å²) in [4.78, 5) is 28.0. The summed E-state index contributed by atoms with van der Waals surface area (Å²) in [6.07, 6.45) is 0.848. The van der Waals surface area contributed by atoms with Crippen molar-refractivity contribution in [2.24, 2.45) is 0 Å². The van der Waals surface area contributed by atoms with Crippen molar-refractivity contribution in [3.05, 3.63) is 79.4 Å². The van der Waals surface area contributed by atoms with Gasteiger partial charge >= 0.3 is 0 Å². The molecule has 1 aliphatic carbocycles. The molecule has 3 rings (SSSR count). The number of aliphatic hydroxyl groups is 3. The number of ether oxygens (including phenoxy) is 2. The van der Waals surface area contributed by atoms with E-state index in [-0.39, 0.29) is 38.6 Å². The lowest BCUT2D eigenvalue weighted by Gasteiger charge is -2.40. The summed E-state index contributed by atoms with van der Waals surface area (Å²) >= 11 is 8.11. The van der Waals surface area contributed by atoms with E-state index >= 15 is 0 Å². The van der Waals surface area contributed by atoms with Crippen molar-refractivity contribution >= 4 is 46.0 Å². The summed E-state index contributed by atoms with van der Waals surface area (Å²) in [7, 11) is 1.47. The first-order chi connectivity index (χ1) is 19.1. The summed E-state index contributed by atoms with van der Waals surface area (Å²) in [5.74, 6) is -0.0768. The van der Waals surface area contributed by atoms with E-state index in [4.69, 9.17) is 21.1 Å². The molecule has 0 aliphatic heterocycles. The number of nitrogens with one attached hydrogen (secondary N) is 1. The van der Waals surface area contributed by atoms with Crippen LogP contribution in [0.3, 0.4) is 0 Å². The molecule has 2 amide bonds. The number of hydrogen-bond donors (Lipinski definition) is 4. The molecule has 3 atom stereocenters. The van der Waals surface area contributed by atoms with Crippen LogP contribution in [0, 0.1) is 3.57 Å². The number of methoxy groups -OCH3 is 1. The average molecular weight is 685 g/mol. The Morgan fingerprint density at radius 1 is 1.18 bits per heavy atom. The molecule has 0 saturated carbocycles. The van der Waals surface area contributed by atoms with Gasteiger partial charge in [0.25, 0.3) is 0 Å². The number of carbonyl (C=O) groups excluding carboxylic acids is 2. The third kappa shape index (κ3) is 8.20. The number of halogens is 2. The minimum absolute atomic E-state index is 0.0500. The van der Waals surface area contributed by atoms with E-state index in [0.717, 1.165) is 11.1 Å². The average Bonchev–Trinajstić information content (AvgIpc) is 2.92. The Morgan fingerprint density at radius 2 is 1.88 bits per heavy atom. The van der Waals surface area contributed by atoms with E-state index in [1.165, 1.54) is 24.2 Å². The summed E-state index contributed by atoms with van der Waals surface area (Å²) < 4.78 is 12.4. The van der Waals surface area contributed by atoms with E-state index in [1.807, 2.05) is 0 Å². The number of allylic oxidation sites excluding steroid dienone is 1. The van der Waals surface area contributed by atoms with Gasteiger partial charge in [-0.3, -0.25) is 9.59 Å². The first kappa shape index (κ1) is 31.9. The second kappa shape index (κ2) is 14.8. The number of nitrogens with zero attached hydrogens (tertiary/aromatic N) is 1. The molecule has 40 heavy (non-hydrogen) atoms. The van der Waals surface area contributed by atoms with E-state index < -0.39 is 24.2 Å². The molecule has 2 aromatic rings. The predicted octanol–water partition coefficient (Wildman–Crippen LogP) is 3.36. The zero-order valence-corrected chi connectivity index (χ0v) is 25.5. The number of rotatable bonds is 11. The fraction of sp³-hybridized carbons (Fsp3) is 0.379. The second-order valence-corrected chi connectivity index (χ2v) is 11.2. The molecule has 0 aromatic heterocycles. The van der Waals surface area contributed by atoms with Crippen LogP contribution in [0.1, 0.15) is 31.4 Å². The molecule has 3 unspecified atom stereocenters. The molecule has 0 heterocycles. The summed E-state index contributed by atoms with van der Waals surface area (Å²) in [5, 5.41) is 33.6. The highest BCUT2D eigenvalue weighted by Crippen LogP contribution is 2.37. The van der Waals surface area contributed by atoms with E-state index in [2.05, 4.69) is 27.9 Å². The van der Waals surface area contributed by atoms with Crippen LogP contribution >= 0.6 is 34.2 Å². The van der Waals surface area contributed by atoms with Gasteiger partial charge in [-0.15, -0.1) is 0 Å². The SMILES string of the molecule is COc1cc(CO)cc(I)c1OC1C=C(C(=O)NCCO)CC(N(Cc2ccc(Cl)cc2)C(=O)C=C(C)C)C1O. The molecule has 2 aromatic carbocycles. The topological polar surface area (TPSA) is 129 Å². The largest absolute Gasteiger partial charge is 0.493 e. The van der Waals surface area contributed by atoms with Crippen molar-refractivity contribution in [1.29, 1.82) is 0 Å². The Hall–Kier alpha value is -2.64. The van der Waals surface area contributed by atoms with Crippen molar-refractivity contribution in [1.82, 2.24) is 10.2 Å². The van der Waals surface area contributed by atoms with Crippen molar-refractivity contribution in [2.75, 3.05) is 20.3 Å². The van der Waals surface area contributed by atoms with Crippen molar-refractivity contribution in [2.45, 2.75) is 51.7 Å². The lowest BCUT2D eigenvalue weighted by molar-refractivity contribution is -0.134. The minimum Gasteiger partial charge on any atom is -0.493 e. The number of benzene rings is 2. The molecule has 216 valence electrons. The van der Waals surface area contributed by atoms with Gasteiger partial charge in [0, 0.05) is 36.2 Å². The van der Waals surface area contributed by atoms with Gasteiger partial charge < -0.3 is 35.0 Å². The minimum atomic E-state index is -1.21. The fourth-order valence-electron chi connectivity index (χ4n) is 4.37. The van der Waals surface area contributed by atoms with E-state index in [1.54, 1.807) is 50.2 Å². The van der Waals surface area contributed by atoms with Crippen LogP contribution in [0.15, 0.2) is 59.7 Å². The Labute approximate surface area is 252 Å². The standard InChI is InChI=1S/C29H34ClIN2O7/c1-17(2)10-26(36)33(15-18-4-6-21(30)7-5-18)23-13-20(29(38)32-8-9-34)14-24(27(23)37)40-28-22(31)11-19(16-35)12-25(28)39-3/h4-7,10-12,14,23-24,27,34-35,37H,8-9,13,15-16H2,1-3H3,(H,32,38). The monoisotopic (exact) mass is 684 g/mol. The Kier molecular flexibility index (Phi) is 11.8. The molecule has 1 aliphatic rings. The van der Waals surface area contributed by atoms with Crippen molar-refractivity contribution in [3.8, 4) is 11.5 Å². The normalized spacial score (nSPS) is 18.4. The third-order valence-electron chi connectivity index (χ3n) is 6.30. The maximum absolute atomic E-state index is 13.5. The van der Waals surface area contributed by atoms with Gasteiger partial charge in [0.2, 0.25) is 11.8 Å². The van der Waals surface area contributed by atoms with Crippen LogP contribution in [0.5, 0.6) is 11.5 Å². The van der Waals surface area contributed by atoms with Gasteiger partial charge in [-0.05, 0) is 77.9 Å². The maximum atomic E-state index is 13.5. The lowest BCUT2D eigenvalue weighted by Crippen LogP contribution is -2.54. The van der Waals surface area contributed by atoms with Gasteiger partial charge in [-0.1, -0.05) is 29.3 Å². The summed E-state index contributed by atoms with van der Waals surface area (Å²) in [6, 6.07) is 9.58. The van der Waals surface area contributed by atoms with Gasteiger partial charge in [0.05, 0.1) is 29.9 Å². The number of carbonyl (C=O) groups is 2. The fourth-order valence-corrected chi connectivity index (χ4v) is 5.29. The Morgan fingerprint density at radius 3 is 2.48 bits per heavy atom. The van der Waals surface area contributed by atoms with Gasteiger partial charge in [-0.25, -0.2) is 0 Å². The molecule has 0 saturated heterocycles. The van der Waals surface area contributed by atoms with Crippen molar-refractivity contribution in [3.63, 3.8) is 0 Å². The molecule has 9 nitrogen and oxygen atoms in total. The van der Waals surface area contributed by atoms with Gasteiger partial charge in [-0.2, -0.15) is 0 Å². The highest BCUT2D eigenvalue weighted by atomic mass is 127. The zero-order valence-electron chi connectivity index (χ0n) is 22.6. The first-order valence-corrected chi connectivity index (χ1v) is 14.1. The number of amides is 2. The number of hydrogen-bond acceptors (Lipinski definition) is 7. The Bertz CT molecular complexity index is 1260. The molecule has 11 heteroatoms. The van der Waals surface area contributed by atoms with E-state index in [9.17, 15) is 24.9 Å². The number of aliphatic hydroxyl groups excluding tert-OH is 3. The van der Waals surface area contributed by atoms with E-state index in [0.29, 0.717) is 31.2 Å². The molecule has 0 radical (unpaired) electrons. The summed E-state index contributed by atoms with van der Waals surface area (Å²) in [5.41, 5.74) is 2.50. The van der Waals surface area contributed by atoms with Crippen LogP contribution in [0.25, 0.3) is 0 Å². The van der Waals surface area contributed by atoms with Crippen molar-refractivity contribution < 1.29 is 34.4 Å². The highest BCUT2D eigenvalue weighted by Gasteiger charge is 2.40. The lowest BCUT2D eigenvalue weighted by atomic mass is 9.87.